The largest absolute Gasteiger partial charge is 0.355 e. The average Bonchev–Trinajstić information content (AvgIpc) is 2.38. The smallest absolute Gasteiger partial charge is 0.274 e. The minimum absolute atomic E-state index is 0.269. The molecule has 0 atom stereocenters. The molecule has 0 radical (unpaired) electrons. The van der Waals surface area contributed by atoms with Crippen molar-refractivity contribution in [3.63, 3.8) is 0 Å². The summed E-state index contributed by atoms with van der Waals surface area (Å²) in [6.07, 6.45) is 0.888. The van der Waals surface area contributed by atoms with Crippen molar-refractivity contribution < 1.29 is 9.31 Å². The lowest BCUT2D eigenvalue weighted by Gasteiger charge is -2.08. The van der Waals surface area contributed by atoms with E-state index in [2.05, 4.69) is 5.32 Å². The van der Waals surface area contributed by atoms with Gasteiger partial charge in [-0.2, -0.15) is 0 Å². The SMILES string of the molecule is CCc1cccc(Nc2cc(F)cc([N+](=O)[O-])c2)c1. The van der Waals surface area contributed by atoms with Crippen LogP contribution >= 0.6 is 0 Å². The van der Waals surface area contributed by atoms with Gasteiger partial charge in [0.2, 0.25) is 0 Å². The van der Waals surface area contributed by atoms with Crippen molar-refractivity contribution in [2.75, 3.05) is 5.32 Å². The maximum atomic E-state index is 13.3. The highest BCUT2D eigenvalue weighted by Gasteiger charge is 2.09. The average molecular weight is 260 g/mol. The van der Waals surface area contributed by atoms with Crippen LogP contribution in [0, 0.1) is 15.9 Å². The van der Waals surface area contributed by atoms with E-state index < -0.39 is 10.7 Å². The van der Waals surface area contributed by atoms with E-state index in [1.54, 1.807) is 0 Å². The number of benzene rings is 2. The van der Waals surface area contributed by atoms with Gasteiger partial charge in [0.25, 0.3) is 5.69 Å². The fourth-order valence-corrected chi connectivity index (χ4v) is 1.79. The van der Waals surface area contributed by atoms with Crippen molar-refractivity contribution in [1.29, 1.82) is 0 Å². The Morgan fingerprint density at radius 3 is 2.68 bits per heavy atom. The summed E-state index contributed by atoms with van der Waals surface area (Å²) in [4.78, 5) is 10.1. The number of rotatable bonds is 4. The van der Waals surface area contributed by atoms with Crippen molar-refractivity contribution in [3.05, 3.63) is 64.0 Å². The highest BCUT2D eigenvalue weighted by atomic mass is 19.1. The van der Waals surface area contributed by atoms with E-state index in [4.69, 9.17) is 0 Å². The molecule has 0 amide bonds. The molecule has 0 aliphatic carbocycles. The first-order valence-corrected chi connectivity index (χ1v) is 5.89. The number of anilines is 2. The molecule has 0 aliphatic rings. The second kappa shape index (κ2) is 5.48. The van der Waals surface area contributed by atoms with Crippen LogP contribution in [0.1, 0.15) is 12.5 Å². The zero-order valence-corrected chi connectivity index (χ0v) is 10.4. The third kappa shape index (κ3) is 3.28. The van der Waals surface area contributed by atoms with Gasteiger partial charge in [0.15, 0.2) is 0 Å². The van der Waals surface area contributed by atoms with E-state index in [-0.39, 0.29) is 5.69 Å². The number of non-ortho nitro benzene ring substituents is 1. The lowest BCUT2D eigenvalue weighted by atomic mass is 10.1. The van der Waals surface area contributed by atoms with Crippen LogP contribution in [0.15, 0.2) is 42.5 Å². The van der Waals surface area contributed by atoms with Gasteiger partial charge in [-0.05, 0) is 30.2 Å². The second-order valence-corrected chi connectivity index (χ2v) is 4.13. The standard InChI is InChI=1S/C14H13FN2O2/c1-2-10-4-3-5-12(6-10)16-13-7-11(15)8-14(9-13)17(18)19/h3-9,16H,2H2,1H3. The van der Waals surface area contributed by atoms with Crippen molar-refractivity contribution in [2.24, 2.45) is 0 Å². The Balaban J connectivity index is 2.29. The van der Waals surface area contributed by atoms with Crippen molar-refractivity contribution in [2.45, 2.75) is 13.3 Å². The Kier molecular flexibility index (Phi) is 3.75. The van der Waals surface area contributed by atoms with E-state index >= 15 is 0 Å². The summed E-state index contributed by atoms with van der Waals surface area (Å²) in [5, 5.41) is 13.6. The second-order valence-electron chi connectivity index (χ2n) is 4.13. The molecular weight excluding hydrogens is 247 g/mol. The predicted octanol–water partition coefficient (Wildman–Crippen LogP) is 4.04. The molecule has 19 heavy (non-hydrogen) atoms. The first kappa shape index (κ1) is 13.0. The molecule has 0 unspecified atom stereocenters. The van der Waals surface area contributed by atoms with Crippen molar-refractivity contribution >= 4 is 17.1 Å². The summed E-state index contributed by atoms with van der Waals surface area (Å²) < 4.78 is 13.3. The zero-order valence-electron chi connectivity index (χ0n) is 10.4. The Morgan fingerprint density at radius 2 is 2.00 bits per heavy atom. The van der Waals surface area contributed by atoms with Crippen LogP contribution < -0.4 is 5.32 Å². The fraction of sp³-hybridized carbons (Fsp3) is 0.143. The van der Waals surface area contributed by atoms with Gasteiger partial charge in [-0.25, -0.2) is 4.39 Å². The molecule has 1 N–H and O–H groups in total. The highest BCUT2D eigenvalue weighted by molar-refractivity contribution is 5.63. The van der Waals surface area contributed by atoms with Gasteiger partial charge in [-0.1, -0.05) is 19.1 Å². The van der Waals surface area contributed by atoms with Gasteiger partial charge >= 0.3 is 0 Å². The van der Waals surface area contributed by atoms with E-state index in [1.807, 2.05) is 31.2 Å². The molecule has 98 valence electrons. The molecule has 0 spiro atoms. The molecule has 0 saturated carbocycles. The molecule has 5 heteroatoms. The molecule has 0 aromatic heterocycles. The molecule has 4 nitrogen and oxygen atoms in total. The van der Waals surface area contributed by atoms with E-state index in [1.165, 1.54) is 12.1 Å². The van der Waals surface area contributed by atoms with Gasteiger partial charge in [-0.3, -0.25) is 10.1 Å². The first-order chi connectivity index (χ1) is 9.08. The minimum atomic E-state index is -0.636. The van der Waals surface area contributed by atoms with Crippen LogP contribution in [0.3, 0.4) is 0 Å². The number of halogens is 1. The van der Waals surface area contributed by atoms with Gasteiger partial charge in [-0.15, -0.1) is 0 Å². The minimum Gasteiger partial charge on any atom is -0.355 e. The molecule has 0 saturated heterocycles. The zero-order chi connectivity index (χ0) is 13.8. The third-order valence-electron chi connectivity index (χ3n) is 2.72. The number of hydrogen-bond donors (Lipinski definition) is 1. The molecule has 0 fully saturated rings. The summed E-state index contributed by atoms with van der Waals surface area (Å²) in [5.74, 6) is -0.636. The van der Waals surface area contributed by atoms with Crippen LogP contribution in [0.2, 0.25) is 0 Å². The number of aryl methyl sites for hydroxylation is 1. The molecule has 0 bridgehead atoms. The fourth-order valence-electron chi connectivity index (χ4n) is 1.79. The van der Waals surface area contributed by atoms with Gasteiger partial charge in [0.1, 0.15) is 5.82 Å². The van der Waals surface area contributed by atoms with Gasteiger partial charge < -0.3 is 5.32 Å². The van der Waals surface area contributed by atoms with Crippen LogP contribution in [0.4, 0.5) is 21.5 Å². The van der Waals surface area contributed by atoms with Crippen LogP contribution in [-0.2, 0) is 6.42 Å². The Morgan fingerprint density at radius 1 is 1.21 bits per heavy atom. The van der Waals surface area contributed by atoms with E-state index in [9.17, 15) is 14.5 Å². The molecular formula is C14H13FN2O2. The number of hydrogen-bond acceptors (Lipinski definition) is 3. The maximum Gasteiger partial charge on any atom is 0.274 e. The van der Waals surface area contributed by atoms with Gasteiger partial charge in [0.05, 0.1) is 11.0 Å². The molecule has 2 aromatic rings. The van der Waals surface area contributed by atoms with E-state index in [0.29, 0.717) is 5.69 Å². The summed E-state index contributed by atoms with van der Waals surface area (Å²) >= 11 is 0. The predicted molar refractivity (Wildman–Crippen MR) is 72.2 cm³/mol. The quantitative estimate of drug-likeness (QED) is 0.666. The molecule has 0 aliphatic heterocycles. The third-order valence-corrected chi connectivity index (χ3v) is 2.72. The summed E-state index contributed by atoms with van der Waals surface area (Å²) in [6, 6.07) is 11.1. The number of nitrogens with one attached hydrogen (secondary N) is 1. The highest BCUT2D eigenvalue weighted by Crippen LogP contribution is 2.23. The van der Waals surface area contributed by atoms with Crippen LogP contribution in [-0.4, -0.2) is 4.92 Å². The summed E-state index contributed by atoms with van der Waals surface area (Å²) in [5.41, 5.74) is 2.00. The van der Waals surface area contributed by atoms with Crippen LogP contribution in [0.25, 0.3) is 0 Å². The normalized spacial score (nSPS) is 10.2. The Bertz CT molecular complexity index is 614. The lowest BCUT2D eigenvalue weighted by Crippen LogP contribution is -1.95. The lowest BCUT2D eigenvalue weighted by molar-refractivity contribution is -0.385. The molecule has 2 rings (SSSR count). The van der Waals surface area contributed by atoms with Gasteiger partial charge in [0, 0.05) is 17.4 Å². The van der Waals surface area contributed by atoms with Crippen LogP contribution in [0.5, 0.6) is 0 Å². The summed E-state index contributed by atoms with van der Waals surface area (Å²) in [7, 11) is 0. The Hall–Kier alpha value is -2.43. The monoisotopic (exact) mass is 260 g/mol. The number of nitro benzene ring substituents is 1. The number of nitrogens with zero attached hydrogens (tertiary/aromatic N) is 1. The molecule has 2 aromatic carbocycles. The summed E-state index contributed by atoms with van der Waals surface area (Å²) in [6.45, 7) is 2.03. The maximum absolute atomic E-state index is 13.3. The first-order valence-electron chi connectivity index (χ1n) is 5.89. The Labute approximate surface area is 110 Å². The van der Waals surface area contributed by atoms with Crippen molar-refractivity contribution in [1.82, 2.24) is 0 Å². The molecule has 0 heterocycles. The van der Waals surface area contributed by atoms with Crippen molar-refractivity contribution in [3.8, 4) is 0 Å². The topological polar surface area (TPSA) is 55.2 Å². The van der Waals surface area contributed by atoms with E-state index in [0.717, 1.165) is 23.7 Å². The number of nitro groups is 1.